The fourth-order valence-electron chi connectivity index (χ4n) is 4.32. The monoisotopic (exact) mass is 391 g/mol. The first-order valence-electron chi connectivity index (χ1n) is 10.2. The van der Waals surface area contributed by atoms with Crippen molar-refractivity contribution in [2.75, 3.05) is 19.6 Å². The van der Waals surface area contributed by atoms with Gasteiger partial charge < -0.3 is 10.2 Å². The van der Waals surface area contributed by atoms with Crippen LogP contribution in [0, 0.1) is 0 Å². The predicted octanol–water partition coefficient (Wildman–Crippen LogP) is 2.88. The normalized spacial score (nSPS) is 27.3. The highest BCUT2D eigenvalue weighted by Crippen LogP contribution is 2.33. The van der Waals surface area contributed by atoms with Crippen molar-refractivity contribution in [3.05, 3.63) is 35.9 Å². The number of nitrogens with one attached hydrogen (secondary N) is 1. The Hall–Kier alpha value is -1.60. The summed E-state index contributed by atoms with van der Waals surface area (Å²) in [7, 11) is -3.17. The molecule has 6 nitrogen and oxygen atoms in total. The van der Waals surface area contributed by atoms with Crippen molar-refractivity contribution >= 4 is 16.1 Å². The minimum atomic E-state index is -3.17. The number of urea groups is 1. The van der Waals surface area contributed by atoms with Crippen molar-refractivity contribution < 1.29 is 13.2 Å². The predicted molar refractivity (Wildman–Crippen MR) is 105 cm³/mol. The third-order valence-electron chi connectivity index (χ3n) is 5.97. The lowest BCUT2D eigenvalue weighted by molar-refractivity contribution is 0.144. The Morgan fingerprint density at radius 2 is 1.74 bits per heavy atom. The average molecular weight is 392 g/mol. The lowest BCUT2D eigenvalue weighted by atomic mass is 9.95. The summed E-state index contributed by atoms with van der Waals surface area (Å²) in [5.74, 6) is 0. The Kier molecular flexibility index (Phi) is 5.41. The molecular weight excluding hydrogens is 362 g/mol. The average Bonchev–Trinajstić information content (AvgIpc) is 3.55. The van der Waals surface area contributed by atoms with Crippen LogP contribution in [0.3, 0.4) is 0 Å². The molecule has 2 aliphatic heterocycles. The summed E-state index contributed by atoms with van der Waals surface area (Å²) in [6.45, 7) is 1.75. The maximum Gasteiger partial charge on any atom is 0.318 e. The molecule has 4 rings (SSSR count). The van der Waals surface area contributed by atoms with Crippen LogP contribution in [0.25, 0.3) is 0 Å². The van der Waals surface area contributed by atoms with E-state index in [1.165, 1.54) is 5.56 Å². The summed E-state index contributed by atoms with van der Waals surface area (Å²) in [6.07, 6.45) is 6.32. The first-order valence-corrected chi connectivity index (χ1v) is 11.7. The van der Waals surface area contributed by atoms with Gasteiger partial charge in [0, 0.05) is 25.7 Å². The van der Waals surface area contributed by atoms with E-state index < -0.39 is 10.0 Å². The molecule has 7 heteroatoms. The number of benzene rings is 1. The van der Waals surface area contributed by atoms with Gasteiger partial charge in [-0.2, -0.15) is 4.31 Å². The summed E-state index contributed by atoms with van der Waals surface area (Å²) in [6, 6.07) is 10.1. The lowest BCUT2D eigenvalue weighted by Gasteiger charge is -2.38. The third kappa shape index (κ3) is 4.14. The molecule has 2 heterocycles. The molecule has 148 valence electrons. The Morgan fingerprint density at radius 3 is 2.48 bits per heavy atom. The Balaban J connectivity index is 1.41. The van der Waals surface area contributed by atoms with Crippen molar-refractivity contribution in [2.45, 2.75) is 62.3 Å². The SMILES string of the molecule is O=C(N[C@@H]1CCCN(S(=O)(=O)C2CC2)C1)N1CCCCC1c1ccccc1. The van der Waals surface area contributed by atoms with Crippen molar-refractivity contribution in [1.82, 2.24) is 14.5 Å². The second-order valence-electron chi connectivity index (χ2n) is 8.01. The number of amides is 2. The van der Waals surface area contributed by atoms with Crippen LogP contribution in [-0.2, 0) is 10.0 Å². The number of nitrogens with zero attached hydrogens (tertiary/aromatic N) is 2. The van der Waals surface area contributed by atoms with E-state index in [1.807, 2.05) is 23.1 Å². The molecule has 3 fully saturated rings. The number of sulfonamides is 1. The van der Waals surface area contributed by atoms with E-state index in [4.69, 9.17) is 0 Å². The highest BCUT2D eigenvalue weighted by Gasteiger charge is 2.42. The molecule has 27 heavy (non-hydrogen) atoms. The number of rotatable bonds is 4. The largest absolute Gasteiger partial charge is 0.334 e. The molecular formula is C20H29N3O3S. The van der Waals surface area contributed by atoms with E-state index in [9.17, 15) is 13.2 Å². The quantitative estimate of drug-likeness (QED) is 0.858. The summed E-state index contributed by atoms with van der Waals surface area (Å²) < 4.78 is 26.6. The maximum absolute atomic E-state index is 13.0. The van der Waals surface area contributed by atoms with Crippen molar-refractivity contribution in [2.24, 2.45) is 0 Å². The summed E-state index contributed by atoms with van der Waals surface area (Å²) in [4.78, 5) is 14.9. The van der Waals surface area contributed by atoms with Gasteiger partial charge in [0.1, 0.15) is 0 Å². The zero-order chi connectivity index (χ0) is 18.9. The van der Waals surface area contributed by atoms with Gasteiger partial charge in [-0.05, 0) is 50.5 Å². The second kappa shape index (κ2) is 7.80. The molecule has 1 aromatic rings. The van der Waals surface area contributed by atoms with Gasteiger partial charge in [-0.15, -0.1) is 0 Å². The number of hydrogen-bond donors (Lipinski definition) is 1. The van der Waals surface area contributed by atoms with Crippen LogP contribution >= 0.6 is 0 Å². The molecule has 2 atom stereocenters. The molecule has 0 radical (unpaired) electrons. The molecule has 1 N–H and O–H groups in total. The molecule has 0 aromatic heterocycles. The van der Waals surface area contributed by atoms with Gasteiger partial charge in [0.05, 0.1) is 11.3 Å². The van der Waals surface area contributed by atoms with Gasteiger partial charge in [0.25, 0.3) is 0 Å². The number of hydrogen-bond acceptors (Lipinski definition) is 3. The highest BCUT2D eigenvalue weighted by atomic mass is 32.2. The summed E-state index contributed by atoms with van der Waals surface area (Å²) in [5, 5.41) is 2.95. The van der Waals surface area contributed by atoms with Crippen LogP contribution < -0.4 is 5.32 Å². The minimum Gasteiger partial charge on any atom is -0.334 e. The van der Waals surface area contributed by atoms with Crippen LogP contribution in [0.2, 0.25) is 0 Å². The molecule has 3 aliphatic rings. The van der Waals surface area contributed by atoms with Crippen LogP contribution in [0.15, 0.2) is 30.3 Å². The highest BCUT2D eigenvalue weighted by molar-refractivity contribution is 7.90. The maximum atomic E-state index is 13.0. The zero-order valence-electron chi connectivity index (χ0n) is 15.7. The molecule has 1 aromatic carbocycles. The van der Waals surface area contributed by atoms with Gasteiger partial charge in [0.15, 0.2) is 0 Å². The van der Waals surface area contributed by atoms with Gasteiger partial charge in [-0.1, -0.05) is 30.3 Å². The fourth-order valence-corrected chi connectivity index (χ4v) is 6.25. The first-order chi connectivity index (χ1) is 13.1. The third-order valence-corrected chi connectivity index (χ3v) is 8.33. The zero-order valence-corrected chi connectivity index (χ0v) is 16.5. The number of carbonyl (C=O) groups is 1. The van der Waals surface area contributed by atoms with E-state index in [-0.39, 0.29) is 23.4 Å². The van der Waals surface area contributed by atoms with E-state index in [0.29, 0.717) is 13.1 Å². The smallest absolute Gasteiger partial charge is 0.318 e. The number of carbonyl (C=O) groups excluding carboxylic acids is 1. The second-order valence-corrected chi connectivity index (χ2v) is 10.2. The molecule has 0 spiro atoms. The van der Waals surface area contributed by atoms with Gasteiger partial charge in [0.2, 0.25) is 10.0 Å². The topological polar surface area (TPSA) is 69.7 Å². The van der Waals surface area contributed by atoms with Crippen molar-refractivity contribution in [3.63, 3.8) is 0 Å². The van der Waals surface area contributed by atoms with Crippen LogP contribution in [0.4, 0.5) is 4.79 Å². The molecule has 0 bridgehead atoms. The first kappa shape index (κ1) is 18.7. The van der Waals surface area contributed by atoms with E-state index in [0.717, 1.165) is 51.5 Å². The van der Waals surface area contributed by atoms with Gasteiger partial charge in [-0.25, -0.2) is 13.2 Å². The van der Waals surface area contributed by atoms with E-state index in [1.54, 1.807) is 4.31 Å². The van der Waals surface area contributed by atoms with E-state index in [2.05, 4.69) is 17.4 Å². The fraction of sp³-hybridized carbons (Fsp3) is 0.650. The van der Waals surface area contributed by atoms with Gasteiger partial charge >= 0.3 is 6.03 Å². The Bertz CT molecular complexity index is 764. The van der Waals surface area contributed by atoms with Crippen LogP contribution in [-0.4, -0.2) is 54.6 Å². The standard InChI is InChI=1S/C20H29N3O3S/c24-20(23-14-5-4-10-19(23)16-7-2-1-3-8-16)21-17-9-6-13-22(15-17)27(25,26)18-11-12-18/h1-3,7-8,17-19H,4-6,9-15H2,(H,21,24)/t17-,19?/m1/s1. The molecule has 2 saturated heterocycles. The van der Waals surface area contributed by atoms with Crippen molar-refractivity contribution in [1.29, 1.82) is 0 Å². The Morgan fingerprint density at radius 1 is 0.963 bits per heavy atom. The molecule has 1 aliphatic carbocycles. The van der Waals surface area contributed by atoms with Crippen molar-refractivity contribution in [3.8, 4) is 0 Å². The summed E-state index contributed by atoms with van der Waals surface area (Å²) in [5.41, 5.74) is 1.17. The molecule has 2 amide bonds. The summed E-state index contributed by atoms with van der Waals surface area (Å²) >= 11 is 0. The van der Waals surface area contributed by atoms with Crippen LogP contribution in [0.1, 0.15) is 56.6 Å². The van der Waals surface area contributed by atoms with Crippen LogP contribution in [0.5, 0.6) is 0 Å². The number of piperidine rings is 2. The van der Waals surface area contributed by atoms with Gasteiger partial charge in [-0.3, -0.25) is 0 Å². The molecule has 1 unspecified atom stereocenters. The molecule has 1 saturated carbocycles. The Labute approximate surface area is 162 Å². The lowest BCUT2D eigenvalue weighted by Crippen LogP contribution is -2.54. The minimum absolute atomic E-state index is 0.0563. The number of likely N-dealkylation sites (tertiary alicyclic amines) is 1. The van der Waals surface area contributed by atoms with E-state index >= 15 is 0 Å².